The van der Waals surface area contributed by atoms with Crippen molar-refractivity contribution in [2.24, 2.45) is 5.73 Å². The fraction of sp³-hybridized carbons (Fsp3) is 0.818. The Morgan fingerprint density at radius 3 is 2.76 bits per heavy atom. The van der Waals surface area contributed by atoms with Gasteiger partial charge in [-0.3, -0.25) is 14.5 Å². The first-order valence-electron chi connectivity index (χ1n) is 5.99. The van der Waals surface area contributed by atoms with Crippen molar-refractivity contribution in [3.05, 3.63) is 0 Å². The summed E-state index contributed by atoms with van der Waals surface area (Å²) in [4.78, 5) is 24.2. The molecular weight excluding hydrogens is 222 g/mol. The molecule has 4 N–H and O–H groups in total. The fourth-order valence-electron chi connectivity index (χ4n) is 1.89. The van der Waals surface area contributed by atoms with Gasteiger partial charge in [-0.05, 0) is 12.8 Å². The molecule has 0 radical (unpaired) electrons. The average molecular weight is 243 g/mol. The Morgan fingerprint density at radius 1 is 1.53 bits per heavy atom. The number of aliphatic carboxylic acids is 1. The van der Waals surface area contributed by atoms with E-state index >= 15 is 0 Å². The van der Waals surface area contributed by atoms with Crippen molar-refractivity contribution in [2.45, 2.75) is 31.7 Å². The highest BCUT2D eigenvalue weighted by atomic mass is 16.4. The summed E-state index contributed by atoms with van der Waals surface area (Å²) in [5.74, 6) is -1.06. The van der Waals surface area contributed by atoms with Gasteiger partial charge in [0, 0.05) is 19.6 Å². The summed E-state index contributed by atoms with van der Waals surface area (Å²) < 4.78 is 0. The van der Waals surface area contributed by atoms with E-state index in [0.29, 0.717) is 19.5 Å². The van der Waals surface area contributed by atoms with Crippen molar-refractivity contribution < 1.29 is 14.7 Å². The molecule has 1 unspecified atom stereocenters. The van der Waals surface area contributed by atoms with Crippen molar-refractivity contribution in [2.75, 3.05) is 26.2 Å². The Kier molecular flexibility index (Phi) is 4.89. The summed E-state index contributed by atoms with van der Waals surface area (Å²) in [7, 11) is 0. The van der Waals surface area contributed by atoms with Crippen molar-refractivity contribution in [3.63, 3.8) is 0 Å². The number of carboxylic acids is 1. The minimum atomic E-state index is -1.19. The van der Waals surface area contributed by atoms with Gasteiger partial charge in [0.15, 0.2) is 0 Å². The van der Waals surface area contributed by atoms with Crippen LogP contribution in [0.1, 0.15) is 26.2 Å². The van der Waals surface area contributed by atoms with Crippen molar-refractivity contribution >= 4 is 11.9 Å². The molecule has 1 amide bonds. The molecule has 98 valence electrons. The molecule has 0 aromatic carbocycles. The topological polar surface area (TPSA) is 95.7 Å². The largest absolute Gasteiger partial charge is 0.480 e. The molecule has 1 heterocycles. The highest BCUT2D eigenvalue weighted by Crippen LogP contribution is 2.18. The van der Waals surface area contributed by atoms with E-state index in [2.05, 4.69) is 12.2 Å². The molecule has 6 heteroatoms. The first kappa shape index (κ1) is 13.9. The average Bonchev–Trinajstić information content (AvgIpc) is 2.62. The van der Waals surface area contributed by atoms with Crippen LogP contribution >= 0.6 is 0 Å². The van der Waals surface area contributed by atoms with E-state index < -0.39 is 11.5 Å². The standard InChI is InChI=1S/C11H21N3O3/c1-2-3-5-13-9(15)7-14-6-4-11(12,8-14)10(16)17/h2-8,12H2,1H3,(H,13,15)(H,16,17). The second-order valence-corrected chi connectivity index (χ2v) is 4.63. The number of carboxylic acid groups (broad SMARTS) is 1. The smallest absolute Gasteiger partial charge is 0.325 e. The number of unbranched alkanes of at least 4 members (excludes halogenated alkanes) is 1. The molecule has 0 aromatic rings. The first-order chi connectivity index (χ1) is 7.98. The van der Waals surface area contributed by atoms with Crippen LogP contribution in [0.2, 0.25) is 0 Å². The Hall–Kier alpha value is -1.14. The molecule has 1 fully saturated rings. The zero-order valence-corrected chi connectivity index (χ0v) is 10.2. The molecule has 1 aliphatic rings. The van der Waals surface area contributed by atoms with E-state index in [1.165, 1.54) is 0 Å². The second kappa shape index (κ2) is 5.97. The normalized spacial score (nSPS) is 24.8. The Bertz CT molecular complexity index is 296. The summed E-state index contributed by atoms with van der Waals surface area (Å²) in [6, 6.07) is 0. The predicted octanol–water partition coefficient (Wildman–Crippen LogP) is -0.609. The summed E-state index contributed by atoms with van der Waals surface area (Å²) in [6.45, 7) is 3.77. The number of rotatable bonds is 6. The summed E-state index contributed by atoms with van der Waals surface area (Å²) in [5.41, 5.74) is 4.53. The highest BCUT2D eigenvalue weighted by Gasteiger charge is 2.41. The number of amides is 1. The molecule has 1 aliphatic heterocycles. The number of nitrogens with one attached hydrogen (secondary N) is 1. The summed E-state index contributed by atoms with van der Waals surface area (Å²) in [5, 5.41) is 11.7. The van der Waals surface area contributed by atoms with E-state index in [1.54, 1.807) is 4.90 Å². The third-order valence-electron chi connectivity index (χ3n) is 3.03. The van der Waals surface area contributed by atoms with Crippen LogP contribution < -0.4 is 11.1 Å². The van der Waals surface area contributed by atoms with Crippen molar-refractivity contribution in [1.82, 2.24) is 10.2 Å². The number of carbonyl (C=O) groups excluding carboxylic acids is 1. The zero-order chi connectivity index (χ0) is 12.9. The Balaban J connectivity index is 2.30. The van der Waals surface area contributed by atoms with Gasteiger partial charge >= 0.3 is 5.97 Å². The maximum Gasteiger partial charge on any atom is 0.325 e. The molecule has 0 saturated carbocycles. The lowest BCUT2D eigenvalue weighted by Crippen LogP contribution is -2.50. The minimum Gasteiger partial charge on any atom is -0.480 e. The number of hydrogen-bond donors (Lipinski definition) is 3. The van der Waals surface area contributed by atoms with Gasteiger partial charge in [0.05, 0.1) is 6.54 Å². The zero-order valence-electron chi connectivity index (χ0n) is 10.2. The predicted molar refractivity (Wildman–Crippen MR) is 63.5 cm³/mol. The molecule has 6 nitrogen and oxygen atoms in total. The lowest BCUT2D eigenvalue weighted by molar-refractivity contribution is -0.143. The third kappa shape index (κ3) is 3.98. The van der Waals surface area contributed by atoms with E-state index in [1.807, 2.05) is 0 Å². The number of carbonyl (C=O) groups is 2. The maximum atomic E-state index is 11.5. The van der Waals surface area contributed by atoms with Crippen LogP contribution in [0.4, 0.5) is 0 Å². The van der Waals surface area contributed by atoms with Gasteiger partial charge < -0.3 is 16.2 Å². The number of likely N-dealkylation sites (tertiary alicyclic amines) is 1. The lowest BCUT2D eigenvalue weighted by atomic mass is 10.0. The van der Waals surface area contributed by atoms with Gasteiger partial charge in [-0.15, -0.1) is 0 Å². The Morgan fingerprint density at radius 2 is 2.24 bits per heavy atom. The van der Waals surface area contributed by atoms with Crippen LogP contribution in [0, 0.1) is 0 Å². The van der Waals surface area contributed by atoms with Crippen LogP contribution in [0.15, 0.2) is 0 Å². The van der Waals surface area contributed by atoms with Gasteiger partial charge in [-0.25, -0.2) is 0 Å². The number of nitrogens with zero attached hydrogens (tertiary/aromatic N) is 1. The first-order valence-corrected chi connectivity index (χ1v) is 5.99. The van der Waals surface area contributed by atoms with Gasteiger partial charge in [0.1, 0.15) is 5.54 Å². The SMILES string of the molecule is CCCCNC(=O)CN1CCC(N)(C(=O)O)C1. The van der Waals surface area contributed by atoms with Gasteiger partial charge in [0.25, 0.3) is 0 Å². The van der Waals surface area contributed by atoms with E-state index in [4.69, 9.17) is 10.8 Å². The molecule has 1 saturated heterocycles. The quantitative estimate of drug-likeness (QED) is 0.541. The second-order valence-electron chi connectivity index (χ2n) is 4.63. The monoisotopic (exact) mass is 243 g/mol. The van der Waals surface area contributed by atoms with E-state index in [0.717, 1.165) is 12.8 Å². The number of nitrogens with two attached hydrogens (primary N) is 1. The van der Waals surface area contributed by atoms with Crippen molar-refractivity contribution in [3.8, 4) is 0 Å². The van der Waals surface area contributed by atoms with Gasteiger partial charge in [-0.1, -0.05) is 13.3 Å². The van der Waals surface area contributed by atoms with Crippen molar-refractivity contribution in [1.29, 1.82) is 0 Å². The summed E-state index contributed by atoms with van der Waals surface area (Å²) >= 11 is 0. The maximum absolute atomic E-state index is 11.5. The Labute approximate surface area is 101 Å². The van der Waals surface area contributed by atoms with Crippen LogP contribution in [0.3, 0.4) is 0 Å². The molecule has 0 aliphatic carbocycles. The van der Waals surface area contributed by atoms with E-state index in [-0.39, 0.29) is 19.0 Å². The lowest BCUT2D eigenvalue weighted by Gasteiger charge is -2.19. The van der Waals surface area contributed by atoms with Crippen LogP contribution in [-0.4, -0.2) is 53.6 Å². The molecule has 17 heavy (non-hydrogen) atoms. The summed E-state index contributed by atoms with van der Waals surface area (Å²) in [6.07, 6.45) is 2.39. The molecule has 1 atom stereocenters. The minimum absolute atomic E-state index is 0.0620. The van der Waals surface area contributed by atoms with Gasteiger partial charge in [0.2, 0.25) is 5.91 Å². The molecule has 0 spiro atoms. The van der Waals surface area contributed by atoms with Crippen LogP contribution in [-0.2, 0) is 9.59 Å². The van der Waals surface area contributed by atoms with Gasteiger partial charge in [-0.2, -0.15) is 0 Å². The third-order valence-corrected chi connectivity index (χ3v) is 3.03. The number of hydrogen-bond acceptors (Lipinski definition) is 4. The molecular formula is C11H21N3O3. The molecule has 0 bridgehead atoms. The van der Waals surface area contributed by atoms with E-state index in [9.17, 15) is 9.59 Å². The molecule has 1 rings (SSSR count). The highest BCUT2D eigenvalue weighted by molar-refractivity contribution is 5.80. The molecule has 0 aromatic heterocycles. The van der Waals surface area contributed by atoms with Crippen LogP contribution in [0.5, 0.6) is 0 Å². The van der Waals surface area contributed by atoms with Crippen LogP contribution in [0.25, 0.3) is 0 Å². The fourth-order valence-corrected chi connectivity index (χ4v) is 1.89.